The Morgan fingerprint density at radius 1 is 1.45 bits per heavy atom. The first-order valence-electron chi connectivity index (χ1n) is 6.52. The highest BCUT2D eigenvalue weighted by Crippen LogP contribution is 2.28. The summed E-state index contributed by atoms with van der Waals surface area (Å²) in [6, 6.07) is 1.15. The second-order valence-corrected chi connectivity index (χ2v) is 4.52. The van der Waals surface area contributed by atoms with E-state index in [9.17, 15) is 14.7 Å². The van der Waals surface area contributed by atoms with Crippen LogP contribution in [0.25, 0.3) is 0 Å². The molecule has 1 fully saturated rings. The van der Waals surface area contributed by atoms with E-state index in [4.69, 9.17) is 19.4 Å². The van der Waals surface area contributed by atoms with E-state index >= 15 is 0 Å². The molecular formula is C12H17N3O7. The van der Waals surface area contributed by atoms with E-state index in [0.29, 0.717) is 0 Å². The van der Waals surface area contributed by atoms with Gasteiger partial charge in [0.15, 0.2) is 6.23 Å². The van der Waals surface area contributed by atoms with Crippen molar-refractivity contribution in [2.75, 3.05) is 26.9 Å². The summed E-state index contributed by atoms with van der Waals surface area (Å²) in [5, 5.41) is 21.5. The zero-order valence-electron chi connectivity index (χ0n) is 11.8. The maximum absolute atomic E-state index is 11.9. The van der Waals surface area contributed by atoms with Crippen molar-refractivity contribution in [3.63, 3.8) is 0 Å². The first-order chi connectivity index (χ1) is 10.6. The van der Waals surface area contributed by atoms with Gasteiger partial charge in [0.25, 0.3) is 5.56 Å². The van der Waals surface area contributed by atoms with Gasteiger partial charge in [0, 0.05) is 19.4 Å². The topological polar surface area (TPSA) is 135 Å². The van der Waals surface area contributed by atoms with E-state index in [2.05, 4.69) is 10.1 Å². The summed E-state index contributed by atoms with van der Waals surface area (Å²) in [5.41, 5.74) is -1.19. The number of hydrogen-bond donors (Lipinski definition) is 3. The SMILES string of the molecule is COCCO[C@@H]1C(=NO)[C@@H](CO)O[C@H]1n1ccc(=O)[nH]c1=O. The van der Waals surface area contributed by atoms with Crippen molar-refractivity contribution < 1.29 is 24.5 Å². The molecule has 0 aliphatic carbocycles. The summed E-state index contributed by atoms with van der Waals surface area (Å²) in [5.74, 6) is 0. The number of nitrogens with one attached hydrogen (secondary N) is 1. The number of H-pyrrole nitrogens is 1. The number of aliphatic hydroxyl groups is 1. The summed E-state index contributed by atoms with van der Waals surface area (Å²) in [6.45, 7) is 0.000671. The number of oxime groups is 1. The molecule has 0 saturated carbocycles. The summed E-state index contributed by atoms with van der Waals surface area (Å²) in [6.07, 6.45) is -1.56. The van der Waals surface area contributed by atoms with E-state index in [1.54, 1.807) is 0 Å². The van der Waals surface area contributed by atoms with Crippen LogP contribution in [0.4, 0.5) is 0 Å². The van der Waals surface area contributed by atoms with Gasteiger partial charge in [-0.05, 0) is 0 Å². The molecule has 0 spiro atoms. The van der Waals surface area contributed by atoms with Gasteiger partial charge in [0.2, 0.25) is 0 Å². The Hall–Kier alpha value is -2.01. The first-order valence-corrected chi connectivity index (χ1v) is 6.52. The average Bonchev–Trinajstić information content (AvgIpc) is 2.85. The molecule has 122 valence electrons. The summed E-state index contributed by atoms with van der Waals surface area (Å²) in [7, 11) is 1.50. The van der Waals surface area contributed by atoms with Gasteiger partial charge in [-0.2, -0.15) is 0 Å². The minimum absolute atomic E-state index is 0.0571. The third kappa shape index (κ3) is 3.25. The fourth-order valence-corrected chi connectivity index (χ4v) is 2.16. The van der Waals surface area contributed by atoms with Gasteiger partial charge in [0.1, 0.15) is 17.9 Å². The standard InChI is InChI=1S/C12H17N3O7/c1-20-4-5-21-10-9(14-19)7(6-16)22-11(10)15-3-2-8(17)13-12(15)18/h2-3,7,10-11,16,19H,4-6H2,1H3,(H,13,17,18)/t7-,10-,11-/m1/s1. The molecule has 1 saturated heterocycles. The van der Waals surface area contributed by atoms with E-state index in [1.165, 1.54) is 13.3 Å². The Labute approximate surface area is 124 Å². The maximum Gasteiger partial charge on any atom is 0.330 e. The van der Waals surface area contributed by atoms with Crippen LogP contribution in [0.15, 0.2) is 27.0 Å². The van der Waals surface area contributed by atoms with E-state index in [0.717, 1.165) is 10.6 Å². The van der Waals surface area contributed by atoms with Crippen LogP contribution in [-0.2, 0) is 14.2 Å². The third-order valence-electron chi connectivity index (χ3n) is 3.18. The highest BCUT2D eigenvalue weighted by Gasteiger charge is 2.44. The van der Waals surface area contributed by atoms with Crippen LogP contribution < -0.4 is 11.2 Å². The molecule has 1 aliphatic heterocycles. The Kier molecular flexibility index (Phi) is 5.44. The monoisotopic (exact) mass is 315 g/mol. The molecule has 0 unspecified atom stereocenters. The zero-order valence-corrected chi connectivity index (χ0v) is 11.8. The van der Waals surface area contributed by atoms with Crippen molar-refractivity contribution in [1.82, 2.24) is 9.55 Å². The van der Waals surface area contributed by atoms with Crippen LogP contribution in [0, 0.1) is 0 Å². The lowest BCUT2D eigenvalue weighted by Gasteiger charge is -2.20. The Morgan fingerprint density at radius 3 is 2.82 bits per heavy atom. The lowest BCUT2D eigenvalue weighted by Crippen LogP contribution is -2.38. The second kappa shape index (κ2) is 7.31. The van der Waals surface area contributed by atoms with Crippen LogP contribution in [-0.4, -0.2) is 64.7 Å². The number of aromatic amines is 1. The van der Waals surface area contributed by atoms with Crippen molar-refractivity contribution in [2.45, 2.75) is 18.4 Å². The molecule has 1 aromatic heterocycles. The molecule has 2 heterocycles. The van der Waals surface area contributed by atoms with Gasteiger partial charge in [-0.25, -0.2) is 4.79 Å². The number of nitrogens with zero attached hydrogens (tertiary/aromatic N) is 2. The van der Waals surface area contributed by atoms with Crippen molar-refractivity contribution in [3.05, 3.63) is 33.1 Å². The minimum atomic E-state index is -0.982. The van der Waals surface area contributed by atoms with Crippen LogP contribution in [0.2, 0.25) is 0 Å². The minimum Gasteiger partial charge on any atom is -0.411 e. The van der Waals surface area contributed by atoms with Crippen LogP contribution in [0.1, 0.15) is 6.23 Å². The Balaban J connectivity index is 2.33. The van der Waals surface area contributed by atoms with Gasteiger partial charge < -0.3 is 24.5 Å². The number of hydrogen-bond acceptors (Lipinski definition) is 8. The van der Waals surface area contributed by atoms with E-state index < -0.39 is 36.3 Å². The molecule has 0 amide bonds. The highest BCUT2D eigenvalue weighted by molar-refractivity contribution is 5.94. The van der Waals surface area contributed by atoms with E-state index in [1.807, 2.05) is 0 Å². The highest BCUT2D eigenvalue weighted by atomic mass is 16.6. The fourth-order valence-electron chi connectivity index (χ4n) is 2.16. The Morgan fingerprint density at radius 2 is 2.23 bits per heavy atom. The predicted octanol–water partition coefficient (Wildman–Crippen LogP) is -1.71. The number of rotatable bonds is 6. The largest absolute Gasteiger partial charge is 0.411 e. The normalized spacial score (nSPS) is 26.6. The van der Waals surface area contributed by atoms with Crippen LogP contribution >= 0.6 is 0 Å². The van der Waals surface area contributed by atoms with Gasteiger partial charge >= 0.3 is 5.69 Å². The number of aromatic nitrogens is 2. The first kappa shape index (κ1) is 16.4. The average molecular weight is 315 g/mol. The molecule has 0 aromatic carbocycles. The molecule has 3 atom stereocenters. The predicted molar refractivity (Wildman–Crippen MR) is 73.2 cm³/mol. The molecule has 3 N–H and O–H groups in total. The van der Waals surface area contributed by atoms with Crippen molar-refractivity contribution >= 4 is 5.71 Å². The van der Waals surface area contributed by atoms with Crippen molar-refractivity contribution in [2.24, 2.45) is 5.16 Å². The molecule has 0 bridgehead atoms. The molecule has 0 radical (unpaired) electrons. The van der Waals surface area contributed by atoms with Crippen LogP contribution in [0.3, 0.4) is 0 Å². The van der Waals surface area contributed by atoms with Crippen molar-refractivity contribution in [3.8, 4) is 0 Å². The Bertz CT molecular complexity index is 638. The molecule has 10 heteroatoms. The molecule has 1 aliphatic rings. The molecule has 1 aromatic rings. The van der Waals surface area contributed by atoms with Gasteiger partial charge in [-0.15, -0.1) is 0 Å². The molecule has 22 heavy (non-hydrogen) atoms. The third-order valence-corrected chi connectivity index (χ3v) is 3.18. The van der Waals surface area contributed by atoms with Gasteiger partial charge in [0.05, 0.1) is 19.8 Å². The van der Waals surface area contributed by atoms with Crippen molar-refractivity contribution in [1.29, 1.82) is 0 Å². The van der Waals surface area contributed by atoms with Gasteiger partial charge in [-0.3, -0.25) is 14.3 Å². The fraction of sp³-hybridized carbons (Fsp3) is 0.583. The lowest BCUT2D eigenvalue weighted by molar-refractivity contribution is -0.0779. The van der Waals surface area contributed by atoms with Gasteiger partial charge in [-0.1, -0.05) is 5.16 Å². The summed E-state index contributed by atoms with van der Waals surface area (Å²) >= 11 is 0. The number of aliphatic hydroxyl groups excluding tert-OH is 1. The summed E-state index contributed by atoms with van der Waals surface area (Å²) < 4.78 is 17.0. The molecular weight excluding hydrogens is 298 g/mol. The number of methoxy groups -OCH3 is 1. The molecule has 10 nitrogen and oxygen atoms in total. The lowest BCUT2D eigenvalue weighted by atomic mass is 10.1. The second-order valence-electron chi connectivity index (χ2n) is 4.52. The maximum atomic E-state index is 11.9. The molecule has 2 rings (SSSR count). The van der Waals surface area contributed by atoms with Crippen LogP contribution in [0.5, 0.6) is 0 Å². The number of ether oxygens (including phenoxy) is 3. The smallest absolute Gasteiger partial charge is 0.330 e. The summed E-state index contributed by atoms with van der Waals surface area (Å²) in [4.78, 5) is 25.1. The quantitative estimate of drug-likeness (QED) is 0.323. The zero-order chi connectivity index (χ0) is 16.1. The van der Waals surface area contributed by atoms with E-state index in [-0.39, 0.29) is 18.9 Å².